The molecule has 2 unspecified atom stereocenters. The van der Waals surface area contributed by atoms with E-state index in [-0.39, 0.29) is 29.1 Å². The van der Waals surface area contributed by atoms with Crippen LogP contribution >= 0.6 is 23.1 Å². The first-order chi connectivity index (χ1) is 16.4. The zero-order chi connectivity index (χ0) is 24.0. The number of nitrogens with one attached hydrogen (secondary N) is 1. The van der Waals surface area contributed by atoms with Gasteiger partial charge in [-0.1, -0.05) is 29.2 Å². The highest BCUT2D eigenvalue weighted by molar-refractivity contribution is 8.00. The summed E-state index contributed by atoms with van der Waals surface area (Å²) in [6.45, 7) is 1.33. The van der Waals surface area contributed by atoms with Crippen LogP contribution in [-0.4, -0.2) is 59.7 Å². The van der Waals surface area contributed by atoms with Crippen LogP contribution < -0.4 is 19.7 Å². The van der Waals surface area contributed by atoms with Gasteiger partial charge in [0.15, 0.2) is 11.5 Å². The number of methoxy groups -OCH3 is 2. The van der Waals surface area contributed by atoms with Gasteiger partial charge in [0.2, 0.25) is 17.7 Å². The molecule has 0 bridgehead atoms. The SMILES string of the molecule is COc1ccc([C@@H]2c3sc(=O)n(CC(=O)N4CCCCC4)c3SC3C(=O)NC(=O)C32)cc1OC. The van der Waals surface area contributed by atoms with E-state index in [1.54, 1.807) is 17.0 Å². The normalized spacial score (nSPS) is 23.8. The molecule has 1 N–H and O–H groups in total. The molecule has 9 nitrogen and oxygen atoms in total. The van der Waals surface area contributed by atoms with Crippen LogP contribution in [0, 0.1) is 5.92 Å². The third kappa shape index (κ3) is 3.80. The second-order valence-corrected chi connectivity index (χ2v) is 10.7. The summed E-state index contributed by atoms with van der Waals surface area (Å²) < 4.78 is 12.3. The van der Waals surface area contributed by atoms with E-state index in [0.29, 0.717) is 34.5 Å². The molecule has 3 aliphatic heterocycles. The third-order valence-corrected chi connectivity index (χ3v) is 9.27. The summed E-state index contributed by atoms with van der Waals surface area (Å²) in [5.74, 6) is -0.969. The Labute approximate surface area is 204 Å². The number of nitrogens with zero attached hydrogens (tertiary/aromatic N) is 2. The van der Waals surface area contributed by atoms with E-state index in [2.05, 4.69) is 5.32 Å². The van der Waals surface area contributed by atoms with Crippen LogP contribution in [0.1, 0.15) is 35.6 Å². The molecule has 180 valence electrons. The Bertz CT molecular complexity index is 1220. The average molecular weight is 504 g/mol. The lowest BCUT2D eigenvalue weighted by molar-refractivity contribution is -0.133. The Kier molecular flexibility index (Phi) is 6.15. The number of ether oxygens (including phenoxy) is 2. The number of fused-ring (bicyclic) bond motifs is 2. The zero-order valence-corrected chi connectivity index (χ0v) is 20.5. The zero-order valence-electron chi connectivity index (χ0n) is 18.9. The van der Waals surface area contributed by atoms with Crippen molar-refractivity contribution in [3.8, 4) is 11.5 Å². The minimum Gasteiger partial charge on any atom is -0.493 e. The molecular formula is C23H25N3O6S2. The van der Waals surface area contributed by atoms with Crippen molar-refractivity contribution in [3.63, 3.8) is 0 Å². The second kappa shape index (κ2) is 9.10. The Hall–Kier alpha value is -2.79. The highest BCUT2D eigenvalue weighted by Gasteiger charge is 2.53. The summed E-state index contributed by atoms with van der Waals surface area (Å²) in [5, 5.41) is 2.36. The molecule has 2 saturated heterocycles. The van der Waals surface area contributed by atoms with Gasteiger partial charge in [-0.25, -0.2) is 0 Å². The molecule has 0 aliphatic carbocycles. The molecule has 1 aromatic carbocycles. The summed E-state index contributed by atoms with van der Waals surface area (Å²) >= 11 is 2.24. The number of rotatable bonds is 5. The standard InChI is InChI=1S/C23H25N3O6S2/c1-31-13-7-6-12(10-14(13)32-2)16-17-18(21(29)24-20(17)28)33-22-19(16)34-23(30)26(22)11-15(27)25-8-4-3-5-9-25/h6-7,10,16-18H,3-5,8-9,11H2,1-2H3,(H,24,28,29)/t16-,17?,18?/m0/s1. The lowest BCUT2D eigenvalue weighted by Crippen LogP contribution is -2.39. The molecule has 3 atom stereocenters. The van der Waals surface area contributed by atoms with Crippen LogP contribution in [0.5, 0.6) is 11.5 Å². The number of carbonyl (C=O) groups excluding carboxylic acids is 3. The molecule has 0 radical (unpaired) electrons. The summed E-state index contributed by atoms with van der Waals surface area (Å²) in [4.78, 5) is 53.7. The van der Waals surface area contributed by atoms with Gasteiger partial charge in [0, 0.05) is 23.9 Å². The summed E-state index contributed by atoms with van der Waals surface area (Å²) in [6.07, 6.45) is 3.03. The lowest BCUT2D eigenvalue weighted by Gasteiger charge is -2.31. The van der Waals surface area contributed by atoms with Crippen LogP contribution in [0.25, 0.3) is 0 Å². The van der Waals surface area contributed by atoms with E-state index in [1.807, 2.05) is 6.07 Å². The molecule has 4 heterocycles. The van der Waals surface area contributed by atoms with E-state index < -0.39 is 17.1 Å². The first-order valence-electron chi connectivity index (χ1n) is 11.2. The second-order valence-electron chi connectivity index (χ2n) is 8.57. The molecular weight excluding hydrogens is 478 g/mol. The minimum atomic E-state index is -0.677. The van der Waals surface area contributed by atoms with Gasteiger partial charge in [0.05, 0.1) is 25.2 Å². The fourth-order valence-electron chi connectivity index (χ4n) is 4.96. The van der Waals surface area contributed by atoms with Gasteiger partial charge in [0.25, 0.3) is 0 Å². The van der Waals surface area contributed by atoms with E-state index in [9.17, 15) is 19.2 Å². The van der Waals surface area contributed by atoms with E-state index in [0.717, 1.165) is 36.2 Å². The van der Waals surface area contributed by atoms with Crippen molar-refractivity contribution in [2.24, 2.45) is 5.92 Å². The molecule has 0 spiro atoms. The highest BCUT2D eigenvalue weighted by Crippen LogP contribution is 2.52. The van der Waals surface area contributed by atoms with Crippen LogP contribution in [0.15, 0.2) is 28.0 Å². The van der Waals surface area contributed by atoms with Gasteiger partial charge in [-0.15, -0.1) is 0 Å². The number of thioether (sulfide) groups is 1. The topological polar surface area (TPSA) is 107 Å². The van der Waals surface area contributed by atoms with Crippen molar-refractivity contribution < 1.29 is 23.9 Å². The summed E-state index contributed by atoms with van der Waals surface area (Å²) in [6, 6.07) is 5.36. The van der Waals surface area contributed by atoms with Crippen molar-refractivity contribution in [2.45, 2.75) is 42.0 Å². The van der Waals surface area contributed by atoms with E-state index in [4.69, 9.17) is 9.47 Å². The van der Waals surface area contributed by atoms with Gasteiger partial charge in [-0.2, -0.15) is 0 Å². The minimum absolute atomic E-state index is 0.0662. The van der Waals surface area contributed by atoms with Gasteiger partial charge >= 0.3 is 4.87 Å². The van der Waals surface area contributed by atoms with Gasteiger partial charge < -0.3 is 14.4 Å². The lowest BCUT2D eigenvalue weighted by atomic mass is 9.83. The molecule has 5 rings (SSSR count). The quantitative estimate of drug-likeness (QED) is 0.621. The number of likely N-dealkylation sites (tertiary alicyclic amines) is 1. The van der Waals surface area contributed by atoms with E-state index in [1.165, 1.54) is 30.5 Å². The number of piperidine rings is 1. The maximum Gasteiger partial charge on any atom is 0.308 e. The van der Waals surface area contributed by atoms with Crippen LogP contribution in [0.3, 0.4) is 0 Å². The van der Waals surface area contributed by atoms with Crippen LogP contribution in [0.4, 0.5) is 0 Å². The first-order valence-corrected chi connectivity index (χ1v) is 12.9. The summed E-state index contributed by atoms with van der Waals surface area (Å²) in [7, 11) is 3.07. The van der Waals surface area contributed by atoms with Crippen molar-refractivity contribution in [2.75, 3.05) is 27.3 Å². The highest BCUT2D eigenvalue weighted by atomic mass is 32.2. The molecule has 11 heteroatoms. The molecule has 0 saturated carbocycles. The van der Waals surface area contributed by atoms with E-state index >= 15 is 0 Å². The van der Waals surface area contributed by atoms with Crippen molar-refractivity contribution in [3.05, 3.63) is 38.3 Å². The monoisotopic (exact) mass is 503 g/mol. The predicted molar refractivity (Wildman–Crippen MR) is 127 cm³/mol. The number of carbonyl (C=O) groups is 3. The molecule has 3 aliphatic rings. The van der Waals surface area contributed by atoms with Crippen LogP contribution in [-0.2, 0) is 20.9 Å². The van der Waals surface area contributed by atoms with Gasteiger partial charge in [-0.05, 0) is 37.0 Å². The smallest absolute Gasteiger partial charge is 0.308 e. The van der Waals surface area contributed by atoms with Crippen LogP contribution in [0.2, 0.25) is 0 Å². The Morgan fingerprint density at radius 1 is 1.06 bits per heavy atom. The molecule has 3 amide bonds. The van der Waals surface area contributed by atoms with Crippen molar-refractivity contribution in [1.82, 2.24) is 14.8 Å². The number of hydrogen-bond acceptors (Lipinski definition) is 8. The maximum atomic E-state index is 13.1. The maximum absolute atomic E-state index is 13.1. The fraction of sp³-hybridized carbons (Fsp3) is 0.478. The molecule has 2 aromatic rings. The predicted octanol–water partition coefficient (Wildman–Crippen LogP) is 1.82. The summed E-state index contributed by atoms with van der Waals surface area (Å²) in [5.41, 5.74) is 0.745. The number of thiazole rings is 1. The Morgan fingerprint density at radius 2 is 1.79 bits per heavy atom. The first kappa shape index (κ1) is 23.0. The Morgan fingerprint density at radius 3 is 2.50 bits per heavy atom. The number of amides is 3. The van der Waals surface area contributed by atoms with Crippen molar-refractivity contribution in [1.29, 1.82) is 0 Å². The average Bonchev–Trinajstić information content (AvgIpc) is 3.32. The Balaban J connectivity index is 1.58. The molecule has 2 fully saturated rings. The van der Waals surface area contributed by atoms with Crippen molar-refractivity contribution >= 4 is 40.8 Å². The van der Waals surface area contributed by atoms with Gasteiger partial charge in [0.1, 0.15) is 11.8 Å². The van der Waals surface area contributed by atoms with Gasteiger partial charge in [-0.3, -0.25) is 29.1 Å². The largest absolute Gasteiger partial charge is 0.493 e. The third-order valence-electron chi connectivity index (χ3n) is 6.66. The number of imide groups is 1. The number of hydrogen-bond donors (Lipinski definition) is 1. The fourth-order valence-corrected chi connectivity index (χ4v) is 7.70. The molecule has 1 aromatic heterocycles. The molecule has 34 heavy (non-hydrogen) atoms. The number of aromatic nitrogens is 1. The number of benzene rings is 1.